The van der Waals surface area contributed by atoms with E-state index in [9.17, 15) is 9.18 Å². The molecule has 2 heterocycles. The zero-order valence-electron chi connectivity index (χ0n) is 17.5. The quantitative estimate of drug-likeness (QED) is 0.331. The summed E-state index contributed by atoms with van der Waals surface area (Å²) < 4.78 is 20.5. The van der Waals surface area contributed by atoms with E-state index in [-0.39, 0.29) is 17.5 Å². The molecule has 0 fully saturated rings. The van der Waals surface area contributed by atoms with E-state index in [1.54, 1.807) is 17.8 Å². The number of rotatable bonds is 6. The van der Waals surface area contributed by atoms with Crippen LogP contribution in [0.3, 0.4) is 0 Å². The van der Waals surface area contributed by atoms with Crippen LogP contribution < -0.4 is 4.74 Å². The lowest BCUT2D eigenvalue weighted by molar-refractivity contribution is -0.136. The molecule has 1 N–H and O–H groups in total. The van der Waals surface area contributed by atoms with Crippen molar-refractivity contribution in [2.45, 2.75) is 18.3 Å². The molecule has 1 aliphatic rings. The van der Waals surface area contributed by atoms with E-state index in [1.165, 1.54) is 23.5 Å². The molecule has 33 heavy (non-hydrogen) atoms. The molecule has 0 saturated heterocycles. The third-order valence-corrected chi connectivity index (χ3v) is 7.70. The van der Waals surface area contributed by atoms with E-state index in [0.29, 0.717) is 17.9 Å². The Bertz CT molecular complexity index is 1360. The number of thioether (sulfide) groups is 1. The topological polar surface area (TPSA) is 59.4 Å². The van der Waals surface area contributed by atoms with Crippen LogP contribution in [-0.2, 0) is 11.4 Å². The number of fused-ring (bicyclic) bond motifs is 3. The van der Waals surface area contributed by atoms with Gasteiger partial charge in [0.25, 0.3) is 0 Å². The minimum atomic E-state index is -0.798. The highest BCUT2D eigenvalue weighted by molar-refractivity contribution is 7.99. The van der Waals surface area contributed by atoms with Crippen molar-refractivity contribution in [1.29, 1.82) is 0 Å². The fraction of sp³-hybridized carbons (Fsp3) is 0.154. The van der Waals surface area contributed by atoms with Gasteiger partial charge in [-0.05, 0) is 47.0 Å². The molecule has 5 rings (SSSR count). The van der Waals surface area contributed by atoms with Crippen LogP contribution in [0.5, 0.6) is 5.75 Å². The minimum Gasteiger partial charge on any atom is -0.489 e. The van der Waals surface area contributed by atoms with Crippen LogP contribution in [0.4, 0.5) is 4.39 Å². The lowest BCUT2D eigenvalue weighted by Gasteiger charge is -2.19. The Morgan fingerprint density at radius 3 is 2.91 bits per heavy atom. The molecule has 0 saturated carbocycles. The molecule has 0 bridgehead atoms. The van der Waals surface area contributed by atoms with Gasteiger partial charge in [0, 0.05) is 17.4 Å². The Labute approximate surface area is 198 Å². The summed E-state index contributed by atoms with van der Waals surface area (Å²) in [6.07, 6.45) is 4.03. The van der Waals surface area contributed by atoms with Crippen molar-refractivity contribution in [3.8, 4) is 5.75 Å². The van der Waals surface area contributed by atoms with Gasteiger partial charge in [-0.25, -0.2) is 9.37 Å². The SMILES string of the molecule is O=C(O)CCSC1c2ccccc2COc2ccc(/C=C/c3nc4cc(F)ccc4s3)cc21. The first kappa shape index (κ1) is 21.7. The van der Waals surface area contributed by atoms with Gasteiger partial charge >= 0.3 is 5.97 Å². The number of nitrogens with zero attached hydrogens (tertiary/aromatic N) is 1. The van der Waals surface area contributed by atoms with E-state index in [2.05, 4.69) is 23.2 Å². The van der Waals surface area contributed by atoms with Crippen LogP contribution in [0.2, 0.25) is 0 Å². The maximum Gasteiger partial charge on any atom is 0.304 e. The molecule has 0 aliphatic carbocycles. The van der Waals surface area contributed by atoms with E-state index in [1.807, 2.05) is 36.4 Å². The van der Waals surface area contributed by atoms with E-state index in [0.717, 1.165) is 37.7 Å². The number of carboxylic acids is 1. The molecule has 1 atom stereocenters. The van der Waals surface area contributed by atoms with Crippen molar-refractivity contribution in [1.82, 2.24) is 4.98 Å². The molecule has 0 spiro atoms. The van der Waals surface area contributed by atoms with Crippen molar-refractivity contribution < 1.29 is 19.0 Å². The molecule has 4 nitrogen and oxygen atoms in total. The fourth-order valence-electron chi connectivity index (χ4n) is 3.85. The van der Waals surface area contributed by atoms with Gasteiger partial charge in [0.2, 0.25) is 0 Å². The average molecular weight is 478 g/mol. The Hall–Kier alpha value is -3.16. The summed E-state index contributed by atoms with van der Waals surface area (Å²) in [5, 5.41) is 9.89. The van der Waals surface area contributed by atoms with Gasteiger partial charge in [-0.2, -0.15) is 0 Å². The summed E-state index contributed by atoms with van der Waals surface area (Å²) in [5.41, 5.74) is 4.94. The standard InChI is InChI=1S/C26H20FNO3S2/c27-18-7-9-23-21(14-18)28-24(33-23)10-6-16-5-8-22-20(13-16)26(32-12-11-25(29)30)19-4-2-1-3-17(19)15-31-22/h1-10,13-14,26H,11-12,15H2,(H,29,30)/b10-6+. The molecule has 1 aromatic heterocycles. The highest BCUT2D eigenvalue weighted by Gasteiger charge is 2.25. The maximum absolute atomic E-state index is 13.5. The minimum absolute atomic E-state index is 0.0168. The summed E-state index contributed by atoms with van der Waals surface area (Å²) >= 11 is 3.13. The summed E-state index contributed by atoms with van der Waals surface area (Å²) in [7, 11) is 0. The molecule has 0 radical (unpaired) electrons. The van der Waals surface area contributed by atoms with E-state index >= 15 is 0 Å². The van der Waals surface area contributed by atoms with Gasteiger partial charge in [0.1, 0.15) is 23.2 Å². The number of thiazole rings is 1. The molecule has 0 amide bonds. The third kappa shape index (κ3) is 4.79. The molecule has 1 unspecified atom stereocenters. The average Bonchev–Trinajstić information content (AvgIpc) is 3.14. The van der Waals surface area contributed by atoms with E-state index < -0.39 is 5.97 Å². The first-order chi connectivity index (χ1) is 16.1. The zero-order valence-corrected chi connectivity index (χ0v) is 19.2. The maximum atomic E-state index is 13.5. The predicted octanol–water partition coefficient (Wildman–Crippen LogP) is 6.80. The first-order valence-electron chi connectivity index (χ1n) is 10.5. The van der Waals surface area contributed by atoms with Crippen LogP contribution in [0.1, 0.15) is 38.9 Å². The fourth-order valence-corrected chi connectivity index (χ4v) is 6.00. The van der Waals surface area contributed by atoms with Crippen molar-refractivity contribution in [3.63, 3.8) is 0 Å². The molecule has 4 aromatic rings. The number of carboxylic acid groups (broad SMARTS) is 1. The third-order valence-electron chi connectivity index (χ3n) is 5.42. The lowest BCUT2D eigenvalue weighted by atomic mass is 9.98. The normalized spacial score (nSPS) is 15.1. The van der Waals surface area contributed by atoms with Crippen molar-refractivity contribution in [2.75, 3.05) is 5.75 Å². The van der Waals surface area contributed by atoms with Gasteiger partial charge in [0.05, 0.1) is 21.9 Å². The van der Waals surface area contributed by atoms with Gasteiger partial charge in [-0.15, -0.1) is 23.1 Å². The Morgan fingerprint density at radius 2 is 2.03 bits per heavy atom. The smallest absolute Gasteiger partial charge is 0.304 e. The number of aliphatic carboxylic acids is 1. The number of halogens is 1. The highest BCUT2D eigenvalue weighted by atomic mass is 32.2. The monoisotopic (exact) mass is 477 g/mol. The van der Waals surface area contributed by atoms with E-state index in [4.69, 9.17) is 9.84 Å². The second kappa shape index (κ2) is 9.37. The van der Waals surface area contributed by atoms with Gasteiger partial charge in [0.15, 0.2) is 0 Å². The molecular formula is C26H20FNO3S2. The summed E-state index contributed by atoms with van der Waals surface area (Å²) in [6, 6.07) is 18.9. The molecule has 7 heteroatoms. The van der Waals surface area contributed by atoms with Crippen LogP contribution in [0, 0.1) is 5.82 Å². The molecule has 1 aliphatic heterocycles. The summed E-state index contributed by atoms with van der Waals surface area (Å²) in [6.45, 7) is 0.483. The molecule has 3 aromatic carbocycles. The van der Waals surface area contributed by atoms with Crippen LogP contribution >= 0.6 is 23.1 Å². The van der Waals surface area contributed by atoms with Gasteiger partial charge in [-0.3, -0.25) is 4.79 Å². The number of aromatic nitrogens is 1. The van der Waals surface area contributed by atoms with Crippen molar-refractivity contribution in [3.05, 3.63) is 93.7 Å². The zero-order chi connectivity index (χ0) is 22.8. The van der Waals surface area contributed by atoms with Gasteiger partial charge < -0.3 is 9.84 Å². The summed E-state index contributed by atoms with van der Waals surface area (Å²) in [5.74, 6) is 0.233. The van der Waals surface area contributed by atoms with Crippen LogP contribution in [0.25, 0.3) is 22.4 Å². The van der Waals surface area contributed by atoms with Crippen LogP contribution in [-0.4, -0.2) is 21.8 Å². The Morgan fingerprint density at radius 1 is 1.15 bits per heavy atom. The first-order valence-corrected chi connectivity index (χ1v) is 12.4. The number of hydrogen-bond acceptors (Lipinski definition) is 5. The number of hydrogen-bond donors (Lipinski definition) is 1. The largest absolute Gasteiger partial charge is 0.489 e. The highest BCUT2D eigenvalue weighted by Crippen LogP contribution is 2.44. The van der Waals surface area contributed by atoms with Gasteiger partial charge in [-0.1, -0.05) is 36.4 Å². The second-order valence-corrected chi connectivity index (χ2v) is 9.95. The van der Waals surface area contributed by atoms with Crippen LogP contribution in [0.15, 0.2) is 60.7 Å². The number of carbonyl (C=O) groups is 1. The molecular weight excluding hydrogens is 457 g/mol. The second-order valence-electron chi connectivity index (χ2n) is 7.68. The lowest BCUT2D eigenvalue weighted by Crippen LogP contribution is -2.03. The van der Waals surface area contributed by atoms with Crippen molar-refractivity contribution in [2.24, 2.45) is 0 Å². The Balaban J connectivity index is 1.47. The number of ether oxygens (including phenoxy) is 1. The summed E-state index contributed by atoms with van der Waals surface area (Å²) in [4.78, 5) is 15.6. The predicted molar refractivity (Wildman–Crippen MR) is 132 cm³/mol. The molecule has 166 valence electrons. The Kier molecular flexibility index (Phi) is 6.15. The van der Waals surface area contributed by atoms with Crippen molar-refractivity contribution >= 4 is 51.4 Å². The number of benzene rings is 3.